The predicted octanol–water partition coefficient (Wildman–Crippen LogP) is 2.01. The van der Waals surface area contributed by atoms with Gasteiger partial charge < -0.3 is 14.9 Å². The number of esters is 1. The Bertz CT molecular complexity index is 910. The first-order valence-electron chi connectivity index (χ1n) is 11.8. The van der Waals surface area contributed by atoms with Crippen LogP contribution in [0.1, 0.15) is 65.2 Å². The van der Waals surface area contributed by atoms with Crippen LogP contribution in [0.5, 0.6) is 0 Å². The summed E-state index contributed by atoms with van der Waals surface area (Å²) < 4.78 is 5.68. The van der Waals surface area contributed by atoms with E-state index in [1.165, 1.54) is 0 Å². The fourth-order valence-electron chi connectivity index (χ4n) is 7.97. The molecule has 1 saturated heterocycles. The third kappa shape index (κ3) is 3.22. The van der Waals surface area contributed by atoms with Crippen LogP contribution in [-0.4, -0.2) is 96.4 Å². The SMILES string of the molecule is CC[C@]1([C@]2(O)CCC3[C@H]4C=CC5=CC(=O)CCC5[C@@H]4CC[C@@]32C)OC(=O)CC(O)C1=O.[KH]. The molecule has 1 aliphatic heterocycles. The van der Waals surface area contributed by atoms with Crippen LogP contribution in [0, 0.1) is 29.1 Å². The van der Waals surface area contributed by atoms with Crippen LogP contribution < -0.4 is 0 Å². The summed E-state index contributed by atoms with van der Waals surface area (Å²) in [5, 5.41) is 22.5. The molecule has 0 bridgehead atoms. The summed E-state index contributed by atoms with van der Waals surface area (Å²) >= 11 is 0. The van der Waals surface area contributed by atoms with E-state index in [4.69, 9.17) is 4.74 Å². The fourth-order valence-corrected chi connectivity index (χ4v) is 7.97. The zero-order chi connectivity index (χ0) is 22.2. The zero-order valence-electron chi connectivity index (χ0n) is 18.3. The van der Waals surface area contributed by atoms with E-state index in [1.807, 2.05) is 6.92 Å². The van der Waals surface area contributed by atoms with Gasteiger partial charge in [0.25, 0.3) is 0 Å². The summed E-state index contributed by atoms with van der Waals surface area (Å²) in [6, 6.07) is 0. The fraction of sp³-hybridized carbons (Fsp3) is 0.720. The van der Waals surface area contributed by atoms with Crippen LogP contribution in [-0.2, 0) is 19.1 Å². The van der Waals surface area contributed by atoms with Gasteiger partial charge in [-0.1, -0.05) is 26.0 Å². The van der Waals surface area contributed by atoms with E-state index in [0.29, 0.717) is 24.7 Å². The molecule has 0 radical (unpaired) electrons. The summed E-state index contributed by atoms with van der Waals surface area (Å²) in [5.74, 6) is 0.238. The van der Waals surface area contributed by atoms with Crippen LogP contribution in [0.2, 0.25) is 0 Å². The van der Waals surface area contributed by atoms with Crippen molar-refractivity contribution >= 4 is 68.9 Å². The molecule has 8 atom stereocenters. The second-order valence-electron chi connectivity index (χ2n) is 10.6. The Morgan fingerprint density at radius 3 is 2.62 bits per heavy atom. The molecule has 2 N–H and O–H groups in total. The van der Waals surface area contributed by atoms with E-state index < -0.39 is 34.5 Å². The molecule has 7 heteroatoms. The standard InChI is InChI=1S/C25H32O6.K.H/c1-3-24(22(29)20(27)13-21(28)31-24)25(30)11-9-19-18-6-4-14-12-15(26)5-7-16(14)17(18)8-10-23(19,25)2;;/h4,6,12,16-20,27,30H,3,5,7-11,13H2,1-2H3;;/t16?,17-,18-,19?,20?,23-,24-,25-;;/m0../s1. The molecule has 0 amide bonds. The minimum atomic E-state index is -1.70. The molecule has 4 aliphatic carbocycles. The summed E-state index contributed by atoms with van der Waals surface area (Å²) in [6.45, 7) is 3.80. The van der Waals surface area contributed by atoms with Gasteiger partial charge in [-0.2, -0.15) is 0 Å². The quantitative estimate of drug-likeness (QED) is 0.475. The molecule has 3 fully saturated rings. The maximum atomic E-state index is 13.2. The number of hydrogen-bond donors (Lipinski definition) is 2. The van der Waals surface area contributed by atoms with Gasteiger partial charge in [0.15, 0.2) is 5.78 Å². The van der Waals surface area contributed by atoms with Crippen LogP contribution in [0.25, 0.3) is 0 Å². The number of carbonyl (C=O) groups is 3. The van der Waals surface area contributed by atoms with E-state index in [2.05, 4.69) is 12.2 Å². The van der Waals surface area contributed by atoms with E-state index in [-0.39, 0.29) is 81.8 Å². The van der Waals surface area contributed by atoms with Crippen LogP contribution in [0.15, 0.2) is 23.8 Å². The van der Waals surface area contributed by atoms with Crippen LogP contribution >= 0.6 is 0 Å². The number of hydrogen-bond acceptors (Lipinski definition) is 6. The number of rotatable bonds is 2. The van der Waals surface area contributed by atoms with Crippen molar-refractivity contribution in [2.75, 3.05) is 0 Å². The average Bonchev–Trinajstić information content (AvgIpc) is 3.02. The number of ether oxygens (including phenoxy) is 1. The van der Waals surface area contributed by atoms with Gasteiger partial charge in [-0.3, -0.25) is 14.4 Å². The van der Waals surface area contributed by atoms with Gasteiger partial charge >= 0.3 is 57.4 Å². The number of Topliss-reactive ketones (excluding diaryl/α,β-unsaturated/α-hetero) is 1. The maximum absolute atomic E-state index is 13.2. The van der Waals surface area contributed by atoms with E-state index >= 15 is 0 Å². The topological polar surface area (TPSA) is 101 Å². The number of allylic oxidation sites excluding steroid dienone is 4. The van der Waals surface area contributed by atoms with Crippen molar-refractivity contribution in [2.24, 2.45) is 29.1 Å². The van der Waals surface area contributed by atoms with Gasteiger partial charge in [0, 0.05) is 11.8 Å². The first-order valence-corrected chi connectivity index (χ1v) is 11.8. The third-order valence-electron chi connectivity index (χ3n) is 9.54. The number of aliphatic hydroxyl groups is 2. The first-order chi connectivity index (χ1) is 14.7. The van der Waals surface area contributed by atoms with Crippen molar-refractivity contribution in [1.82, 2.24) is 0 Å². The van der Waals surface area contributed by atoms with Crippen molar-refractivity contribution in [3.63, 3.8) is 0 Å². The normalized spacial score (nSPS) is 47.6. The minimum absolute atomic E-state index is 0. The average molecular weight is 469 g/mol. The second kappa shape index (κ2) is 8.50. The van der Waals surface area contributed by atoms with Crippen molar-refractivity contribution in [3.05, 3.63) is 23.8 Å². The molecule has 5 aliphatic rings. The molecule has 3 unspecified atom stereocenters. The van der Waals surface area contributed by atoms with E-state index in [0.717, 1.165) is 31.3 Å². The Balaban J connectivity index is 0.00000245. The molecule has 6 nitrogen and oxygen atoms in total. The summed E-state index contributed by atoms with van der Waals surface area (Å²) in [6.07, 6.45) is 8.69. The number of ketones is 2. The number of carbonyl (C=O) groups excluding carboxylic acids is 3. The van der Waals surface area contributed by atoms with Crippen molar-refractivity contribution < 1.29 is 29.3 Å². The molecular weight excluding hydrogens is 435 g/mol. The molecule has 1 heterocycles. The third-order valence-corrected chi connectivity index (χ3v) is 9.54. The molecule has 0 aromatic rings. The van der Waals surface area contributed by atoms with Gasteiger partial charge in [-0.15, -0.1) is 0 Å². The van der Waals surface area contributed by atoms with Crippen LogP contribution in [0.3, 0.4) is 0 Å². The molecule has 2 saturated carbocycles. The number of fused-ring (bicyclic) bond motifs is 5. The Hall–Kier alpha value is -0.154. The van der Waals surface area contributed by atoms with Gasteiger partial charge in [-0.25, -0.2) is 0 Å². The predicted molar refractivity (Wildman–Crippen MR) is 119 cm³/mol. The number of aliphatic hydroxyl groups excluding tert-OH is 1. The Morgan fingerprint density at radius 1 is 1.16 bits per heavy atom. The summed E-state index contributed by atoms with van der Waals surface area (Å²) in [4.78, 5) is 37.4. The van der Waals surface area contributed by atoms with Gasteiger partial charge in [0.05, 0.1) is 6.42 Å². The Morgan fingerprint density at radius 2 is 1.91 bits per heavy atom. The van der Waals surface area contributed by atoms with E-state index in [1.54, 1.807) is 13.0 Å². The van der Waals surface area contributed by atoms with Gasteiger partial charge in [0.1, 0.15) is 11.7 Å². The molecule has 32 heavy (non-hydrogen) atoms. The summed E-state index contributed by atoms with van der Waals surface area (Å²) in [7, 11) is 0. The zero-order valence-corrected chi connectivity index (χ0v) is 18.3. The van der Waals surface area contributed by atoms with Crippen molar-refractivity contribution in [2.45, 2.75) is 82.5 Å². The molecule has 170 valence electrons. The first kappa shape index (κ1) is 25.0. The molecule has 0 aromatic heterocycles. The Labute approximate surface area is 231 Å². The van der Waals surface area contributed by atoms with Crippen molar-refractivity contribution in [1.29, 1.82) is 0 Å². The molecule has 0 aromatic carbocycles. The molecular formula is C25H33KO6. The number of cyclic esters (lactones) is 1. The van der Waals surface area contributed by atoms with Gasteiger partial charge in [-0.05, 0) is 73.8 Å². The van der Waals surface area contributed by atoms with E-state index in [9.17, 15) is 24.6 Å². The monoisotopic (exact) mass is 468 g/mol. The molecule has 5 rings (SSSR count). The van der Waals surface area contributed by atoms with Gasteiger partial charge in [0.2, 0.25) is 11.4 Å². The van der Waals surface area contributed by atoms with Crippen molar-refractivity contribution in [3.8, 4) is 0 Å². The molecule has 0 spiro atoms. The summed E-state index contributed by atoms with van der Waals surface area (Å²) in [5.41, 5.74) is -2.67. The van der Waals surface area contributed by atoms with Crippen LogP contribution in [0.4, 0.5) is 0 Å². The second-order valence-corrected chi connectivity index (χ2v) is 10.6. The Kier molecular flexibility index (Phi) is 6.63.